The van der Waals surface area contributed by atoms with Crippen LogP contribution >= 0.6 is 11.8 Å². The van der Waals surface area contributed by atoms with E-state index in [4.69, 9.17) is 9.15 Å². The van der Waals surface area contributed by atoms with Crippen LogP contribution < -0.4 is 15.4 Å². The maximum Gasteiger partial charge on any atom is 0.321 e. The van der Waals surface area contributed by atoms with E-state index in [1.807, 2.05) is 0 Å². The lowest BCUT2D eigenvalue weighted by Crippen LogP contribution is -2.38. The number of benzene rings is 1. The lowest BCUT2D eigenvalue weighted by Gasteiger charge is -2.10. The number of thioether (sulfide) groups is 1. The maximum absolute atomic E-state index is 12.8. The second kappa shape index (κ2) is 8.29. The quantitative estimate of drug-likeness (QED) is 0.763. The van der Waals surface area contributed by atoms with Crippen molar-refractivity contribution in [3.63, 3.8) is 0 Å². The van der Waals surface area contributed by atoms with E-state index in [1.165, 1.54) is 31.3 Å². The van der Waals surface area contributed by atoms with E-state index in [0.29, 0.717) is 5.75 Å². The minimum Gasteiger partial charge on any atom is -0.481 e. The minimum atomic E-state index is -0.590. The standard InChI is InChI=1S/C14H15FN4O4S/c1-8(22-10-5-3-9(15)4-6-10)12-18-19-14(23-12)24-7-11(20)17-13(21)16-2/h3-6,8H,7H2,1-2H3,(H2,16,17,20,21)/t8-/m0/s1. The third-order valence-electron chi connectivity index (χ3n) is 2.70. The molecule has 10 heteroatoms. The van der Waals surface area contributed by atoms with Gasteiger partial charge in [-0.2, -0.15) is 0 Å². The Hall–Kier alpha value is -2.62. The SMILES string of the molecule is CNC(=O)NC(=O)CSc1nnc([C@H](C)Oc2ccc(F)cc2)o1. The summed E-state index contributed by atoms with van der Waals surface area (Å²) in [6.45, 7) is 1.70. The molecule has 1 heterocycles. The Morgan fingerprint density at radius 3 is 2.71 bits per heavy atom. The fraction of sp³-hybridized carbons (Fsp3) is 0.286. The molecule has 0 radical (unpaired) electrons. The van der Waals surface area contributed by atoms with Crippen molar-refractivity contribution in [1.29, 1.82) is 0 Å². The number of carbonyl (C=O) groups excluding carboxylic acids is 2. The van der Waals surface area contributed by atoms with Gasteiger partial charge < -0.3 is 14.5 Å². The van der Waals surface area contributed by atoms with Gasteiger partial charge in [0.2, 0.25) is 5.91 Å². The smallest absolute Gasteiger partial charge is 0.321 e. The predicted octanol–water partition coefficient (Wildman–Crippen LogP) is 1.90. The van der Waals surface area contributed by atoms with Crippen LogP contribution in [0.25, 0.3) is 0 Å². The van der Waals surface area contributed by atoms with Crippen LogP contribution in [0.3, 0.4) is 0 Å². The zero-order valence-corrected chi connectivity index (χ0v) is 13.7. The fourth-order valence-corrected chi connectivity index (χ4v) is 2.13. The molecule has 8 nitrogen and oxygen atoms in total. The van der Waals surface area contributed by atoms with E-state index in [-0.39, 0.29) is 22.7 Å². The molecule has 0 bridgehead atoms. The van der Waals surface area contributed by atoms with Crippen LogP contribution in [0, 0.1) is 5.82 Å². The molecule has 0 fully saturated rings. The van der Waals surface area contributed by atoms with Crippen molar-refractivity contribution in [2.45, 2.75) is 18.3 Å². The Balaban J connectivity index is 1.86. The van der Waals surface area contributed by atoms with Gasteiger partial charge in [-0.05, 0) is 31.2 Å². The molecule has 3 amide bonds. The molecule has 1 atom stereocenters. The zero-order valence-electron chi connectivity index (χ0n) is 12.9. The number of imide groups is 1. The molecular weight excluding hydrogens is 339 g/mol. The highest BCUT2D eigenvalue weighted by molar-refractivity contribution is 7.99. The zero-order chi connectivity index (χ0) is 17.5. The van der Waals surface area contributed by atoms with Crippen molar-refractivity contribution in [2.75, 3.05) is 12.8 Å². The van der Waals surface area contributed by atoms with Crippen molar-refractivity contribution < 1.29 is 23.1 Å². The highest BCUT2D eigenvalue weighted by Gasteiger charge is 2.17. The van der Waals surface area contributed by atoms with Gasteiger partial charge in [-0.15, -0.1) is 10.2 Å². The van der Waals surface area contributed by atoms with Crippen LogP contribution in [-0.2, 0) is 4.79 Å². The molecular formula is C14H15FN4O4S. The number of ether oxygens (including phenoxy) is 1. The van der Waals surface area contributed by atoms with Crippen LogP contribution in [0.5, 0.6) is 5.75 Å². The first-order valence-electron chi connectivity index (χ1n) is 6.88. The molecule has 0 aliphatic carbocycles. The molecule has 1 aromatic heterocycles. The normalized spacial score (nSPS) is 11.6. The number of aromatic nitrogens is 2. The molecule has 0 saturated heterocycles. The van der Waals surface area contributed by atoms with Crippen molar-refractivity contribution >= 4 is 23.7 Å². The Morgan fingerprint density at radius 2 is 2.04 bits per heavy atom. The van der Waals surface area contributed by atoms with Gasteiger partial charge in [-0.25, -0.2) is 9.18 Å². The van der Waals surface area contributed by atoms with E-state index in [0.717, 1.165) is 11.8 Å². The average molecular weight is 354 g/mol. The predicted molar refractivity (Wildman–Crippen MR) is 83.1 cm³/mol. The third kappa shape index (κ3) is 5.23. The largest absolute Gasteiger partial charge is 0.481 e. The number of rotatable bonds is 6. The van der Waals surface area contributed by atoms with Crippen molar-refractivity contribution in [2.24, 2.45) is 0 Å². The molecule has 24 heavy (non-hydrogen) atoms. The molecule has 0 aliphatic rings. The van der Waals surface area contributed by atoms with Crippen LogP contribution in [0.15, 0.2) is 33.9 Å². The van der Waals surface area contributed by atoms with Gasteiger partial charge >= 0.3 is 6.03 Å². The molecule has 2 N–H and O–H groups in total. The number of halogens is 1. The maximum atomic E-state index is 12.8. The molecule has 128 valence electrons. The number of amides is 3. The minimum absolute atomic E-state index is 0.0533. The topological polar surface area (TPSA) is 106 Å². The van der Waals surface area contributed by atoms with Gasteiger partial charge in [0.25, 0.3) is 11.1 Å². The Morgan fingerprint density at radius 1 is 1.33 bits per heavy atom. The first-order chi connectivity index (χ1) is 11.5. The molecule has 0 aliphatic heterocycles. The summed E-state index contributed by atoms with van der Waals surface area (Å²) in [7, 11) is 1.41. The molecule has 0 unspecified atom stereocenters. The molecule has 0 spiro atoms. The summed E-state index contributed by atoms with van der Waals surface area (Å²) in [4.78, 5) is 22.4. The molecule has 1 aromatic carbocycles. The van der Waals surface area contributed by atoms with Gasteiger partial charge in [0, 0.05) is 7.05 Å². The van der Waals surface area contributed by atoms with Crippen LogP contribution in [-0.4, -0.2) is 34.9 Å². The van der Waals surface area contributed by atoms with Gasteiger partial charge in [-0.1, -0.05) is 11.8 Å². The molecule has 2 rings (SSSR count). The summed E-state index contributed by atoms with van der Waals surface area (Å²) in [5.41, 5.74) is 0. The van der Waals surface area contributed by atoms with Crippen LogP contribution in [0.1, 0.15) is 18.9 Å². The van der Waals surface area contributed by atoms with Crippen molar-refractivity contribution in [3.8, 4) is 5.75 Å². The molecule has 2 aromatic rings. The van der Waals surface area contributed by atoms with Gasteiger partial charge in [0.05, 0.1) is 5.75 Å². The summed E-state index contributed by atoms with van der Waals surface area (Å²) in [6.07, 6.45) is -0.544. The van der Waals surface area contributed by atoms with Crippen molar-refractivity contribution in [1.82, 2.24) is 20.8 Å². The van der Waals surface area contributed by atoms with E-state index in [9.17, 15) is 14.0 Å². The third-order valence-corrected chi connectivity index (χ3v) is 3.52. The van der Waals surface area contributed by atoms with E-state index < -0.39 is 18.0 Å². The summed E-state index contributed by atoms with van der Waals surface area (Å²) in [5, 5.41) is 12.2. The fourth-order valence-electron chi connectivity index (χ4n) is 1.56. The van der Waals surface area contributed by atoms with Crippen LogP contribution in [0.2, 0.25) is 0 Å². The summed E-state index contributed by atoms with van der Waals surface area (Å²) >= 11 is 0.990. The highest BCUT2D eigenvalue weighted by Crippen LogP contribution is 2.23. The van der Waals surface area contributed by atoms with Crippen LogP contribution in [0.4, 0.5) is 9.18 Å². The Kier molecular flexibility index (Phi) is 6.13. The highest BCUT2D eigenvalue weighted by atomic mass is 32.2. The number of hydrogen-bond acceptors (Lipinski definition) is 7. The second-order valence-electron chi connectivity index (χ2n) is 4.54. The summed E-state index contributed by atoms with van der Waals surface area (Å²) < 4.78 is 23.8. The number of carbonyl (C=O) groups is 2. The number of hydrogen-bond donors (Lipinski definition) is 2. The number of nitrogens with zero attached hydrogens (tertiary/aromatic N) is 2. The van der Waals surface area contributed by atoms with Crippen molar-refractivity contribution in [3.05, 3.63) is 36.0 Å². The lowest BCUT2D eigenvalue weighted by atomic mass is 10.3. The van der Waals surface area contributed by atoms with E-state index in [1.54, 1.807) is 6.92 Å². The lowest BCUT2D eigenvalue weighted by molar-refractivity contribution is -0.117. The van der Waals surface area contributed by atoms with E-state index in [2.05, 4.69) is 20.8 Å². The Labute approximate surface area is 141 Å². The average Bonchev–Trinajstić information content (AvgIpc) is 3.04. The number of urea groups is 1. The molecule has 0 saturated carbocycles. The monoisotopic (exact) mass is 354 g/mol. The Bertz CT molecular complexity index is 707. The first-order valence-corrected chi connectivity index (χ1v) is 7.86. The van der Waals surface area contributed by atoms with Gasteiger partial charge in [0.1, 0.15) is 11.6 Å². The second-order valence-corrected chi connectivity index (χ2v) is 5.46. The summed E-state index contributed by atoms with van der Waals surface area (Å²) in [6, 6.07) is 4.94. The number of nitrogens with one attached hydrogen (secondary N) is 2. The van der Waals surface area contributed by atoms with Gasteiger partial charge in [-0.3, -0.25) is 10.1 Å². The summed E-state index contributed by atoms with van der Waals surface area (Å²) in [5.74, 6) is -0.228. The van der Waals surface area contributed by atoms with E-state index >= 15 is 0 Å². The van der Waals surface area contributed by atoms with Gasteiger partial charge in [0.15, 0.2) is 6.10 Å². The first kappa shape index (κ1) is 17.7.